The Morgan fingerprint density at radius 1 is 1.36 bits per heavy atom. The highest BCUT2D eigenvalue weighted by Gasteiger charge is 2.26. The zero-order valence-corrected chi connectivity index (χ0v) is 13.1. The summed E-state index contributed by atoms with van der Waals surface area (Å²) < 4.78 is 0. The highest BCUT2D eigenvalue weighted by atomic mass is 16.4. The molecule has 0 saturated heterocycles. The second-order valence-corrected chi connectivity index (χ2v) is 5.72. The average Bonchev–Trinajstić information content (AvgIpc) is 2.60. The molecule has 6 nitrogen and oxygen atoms in total. The van der Waals surface area contributed by atoms with Crippen molar-refractivity contribution in [2.75, 3.05) is 25.0 Å². The second kappa shape index (κ2) is 7.15. The van der Waals surface area contributed by atoms with Crippen molar-refractivity contribution in [2.45, 2.75) is 32.4 Å². The van der Waals surface area contributed by atoms with Crippen LogP contribution >= 0.6 is 0 Å². The molecule has 22 heavy (non-hydrogen) atoms. The standard InChI is InChI=1S/C16H23N3O3/c1-12-10-18(2)14-7-4-3-6-13(14)11-19(12)16(22)17-9-5-8-15(20)21/h3-4,6-7,12H,5,8-11H2,1-2H3,(H,17,22)(H,20,21). The summed E-state index contributed by atoms with van der Waals surface area (Å²) in [6.45, 7) is 3.73. The number of fused-ring (bicyclic) bond motifs is 1. The minimum atomic E-state index is -0.840. The predicted octanol–water partition coefficient (Wildman–Crippen LogP) is 1.90. The Morgan fingerprint density at radius 3 is 2.82 bits per heavy atom. The van der Waals surface area contributed by atoms with E-state index in [0.717, 1.165) is 17.8 Å². The van der Waals surface area contributed by atoms with Crippen LogP contribution in [0.25, 0.3) is 0 Å². The number of benzene rings is 1. The Morgan fingerprint density at radius 2 is 2.09 bits per heavy atom. The number of carboxylic acid groups (broad SMARTS) is 1. The summed E-state index contributed by atoms with van der Waals surface area (Å²) in [4.78, 5) is 26.8. The Bertz CT molecular complexity index is 547. The first-order valence-electron chi connectivity index (χ1n) is 7.54. The largest absolute Gasteiger partial charge is 0.481 e. The topological polar surface area (TPSA) is 72.9 Å². The van der Waals surface area contributed by atoms with Gasteiger partial charge in [0.05, 0.1) is 0 Å². The number of rotatable bonds is 4. The number of nitrogens with one attached hydrogen (secondary N) is 1. The summed E-state index contributed by atoms with van der Waals surface area (Å²) in [6.07, 6.45) is 0.515. The van der Waals surface area contributed by atoms with E-state index < -0.39 is 5.97 Å². The number of amides is 2. The number of hydrogen-bond donors (Lipinski definition) is 2. The summed E-state index contributed by atoms with van der Waals surface area (Å²) in [7, 11) is 2.03. The van der Waals surface area contributed by atoms with Crippen LogP contribution in [0, 0.1) is 0 Å². The molecule has 0 spiro atoms. The van der Waals surface area contributed by atoms with E-state index in [-0.39, 0.29) is 18.5 Å². The number of hydrogen-bond acceptors (Lipinski definition) is 3. The van der Waals surface area contributed by atoms with Crippen LogP contribution < -0.4 is 10.2 Å². The molecule has 0 aliphatic carbocycles. The lowest BCUT2D eigenvalue weighted by Gasteiger charge is -2.28. The molecule has 0 saturated carbocycles. The molecule has 2 amide bonds. The van der Waals surface area contributed by atoms with Crippen LogP contribution in [0.4, 0.5) is 10.5 Å². The van der Waals surface area contributed by atoms with E-state index in [1.54, 1.807) is 0 Å². The SMILES string of the molecule is CC1CN(C)c2ccccc2CN1C(=O)NCCCC(=O)O. The summed E-state index contributed by atoms with van der Waals surface area (Å²) >= 11 is 0. The maximum atomic E-state index is 12.4. The van der Waals surface area contributed by atoms with Gasteiger partial charge in [-0.3, -0.25) is 4.79 Å². The van der Waals surface area contributed by atoms with Gasteiger partial charge < -0.3 is 20.2 Å². The Labute approximate surface area is 130 Å². The van der Waals surface area contributed by atoms with E-state index >= 15 is 0 Å². The Balaban J connectivity index is 2.01. The molecule has 1 aliphatic heterocycles. The van der Waals surface area contributed by atoms with Gasteiger partial charge >= 0.3 is 12.0 Å². The molecule has 0 fully saturated rings. The third-order valence-electron chi connectivity index (χ3n) is 3.92. The van der Waals surface area contributed by atoms with Crippen molar-refractivity contribution in [3.8, 4) is 0 Å². The lowest BCUT2D eigenvalue weighted by molar-refractivity contribution is -0.137. The van der Waals surface area contributed by atoms with Crippen molar-refractivity contribution in [2.24, 2.45) is 0 Å². The fourth-order valence-corrected chi connectivity index (χ4v) is 2.76. The average molecular weight is 305 g/mol. The molecular formula is C16H23N3O3. The van der Waals surface area contributed by atoms with Crippen LogP contribution in [0.15, 0.2) is 24.3 Å². The zero-order chi connectivity index (χ0) is 16.1. The second-order valence-electron chi connectivity index (χ2n) is 5.72. The number of likely N-dealkylation sites (N-methyl/N-ethyl adjacent to an activating group) is 1. The fourth-order valence-electron chi connectivity index (χ4n) is 2.76. The molecule has 2 rings (SSSR count). The molecule has 120 valence electrons. The molecule has 6 heteroatoms. The summed E-state index contributed by atoms with van der Waals surface area (Å²) in [6, 6.07) is 8.03. The first-order chi connectivity index (χ1) is 10.5. The Hall–Kier alpha value is -2.24. The van der Waals surface area contributed by atoms with Gasteiger partial charge in [-0.05, 0) is 25.0 Å². The van der Waals surface area contributed by atoms with Crippen LogP contribution in [-0.4, -0.2) is 48.2 Å². The Kier molecular flexibility index (Phi) is 5.25. The maximum absolute atomic E-state index is 12.4. The van der Waals surface area contributed by atoms with E-state index in [4.69, 9.17) is 5.11 Å². The van der Waals surface area contributed by atoms with E-state index in [2.05, 4.69) is 16.3 Å². The third kappa shape index (κ3) is 3.90. The normalized spacial score (nSPS) is 17.6. The van der Waals surface area contributed by atoms with Crippen LogP contribution in [0.2, 0.25) is 0 Å². The highest BCUT2D eigenvalue weighted by molar-refractivity contribution is 5.75. The number of carbonyl (C=O) groups is 2. The number of carbonyl (C=O) groups excluding carboxylic acids is 1. The van der Waals surface area contributed by atoms with Crippen LogP contribution in [0.5, 0.6) is 0 Å². The summed E-state index contributed by atoms with van der Waals surface area (Å²) in [5.41, 5.74) is 2.27. The predicted molar refractivity (Wildman–Crippen MR) is 85.0 cm³/mol. The van der Waals surface area contributed by atoms with Gasteiger partial charge in [-0.1, -0.05) is 18.2 Å². The first-order valence-corrected chi connectivity index (χ1v) is 7.54. The summed E-state index contributed by atoms with van der Waals surface area (Å²) in [5, 5.41) is 11.4. The van der Waals surface area contributed by atoms with E-state index in [0.29, 0.717) is 19.5 Å². The number of urea groups is 1. The number of anilines is 1. The first kappa shape index (κ1) is 16.1. The molecular weight excluding hydrogens is 282 g/mol. The molecule has 0 radical (unpaired) electrons. The van der Waals surface area contributed by atoms with E-state index in [1.807, 2.05) is 37.1 Å². The van der Waals surface area contributed by atoms with Gasteiger partial charge in [0.1, 0.15) is 0 Å². The van der Waals surface area contributed by atoms with Gasteiger partial charge in [0.25, 0.3) is 0 Å². The van der Waals surface area contributed by atoms with Gasteiger partial charge in [0, 0.05) is 44.8 Å². The molecule has 1 unspecified atom stereocenters. The fraction of sp³-hybridized carbons (Fsp3) is 0.500. The van der Waals surface area contributed by atoms with E-state index in [9.17, 15) is 9.59 Å². The van der Waals surface area contributed by atoms with Crippen LogP contribution in [0.3, 0.4) is 0 Å². The quantitative estimate of drug-likeness (QED) is 0.833. The van der Waals surface area contributed by atoms with Crippen LogP contribution in [0.1, 0.15) is 25.3 Å². The number of carboxylic acids is 1. The molecule has 1 aromatic carbocycles. The lowest BCUT2D eigenvalue weighted by Crippen LogP contribution is -2.47. The van der Waals surface area contributed by atoms with Crippen molar-refractivity contribution in [3.63, 3.8) is 0 Å². The molecule has 2 N–H and O–H groups in total. The van der Waals surface area contributed by atoms with Gasteiger partial charge in [-0.2, -0.15) is 0 Å². The van der Waals surface area contributed by atoms with Crippen molar-refractivity contribution in [1.82, 2.24) is 10.2 Å². The van der Waals surface area contributed by atoms with Crippen molar-refractivity contribution < 1.29 is 14.7 Å². The van der Waals surface area contributed by atoms with Gasteiger partial charge in [0.2, 0.25) is 0 Å². The smallest absolute Gasteiger partial charge is 0.318 e. The number of aliphatic carboxylic acids is 1. The highest BCUT2D eigenvalue weighted by Crippen LogP contribution is 2.25. The monoisotopic (exact) mass is 305 g/mol. The third-order valence-corrected chi connectivity index (χ3v) is 3.92. The van der Waals surface area contributed by atoms with Crippen molar-refractivity contribution in [1.29, 1.82) is 0 Å². The molecule has 1 heterocycles. The molecule has 0 bridgehead atoms. The van der Waals surface area contributed by atoms with E-state index in [1.165, 1.54) is 0 Å². The van der Waals surface area contributed by atoms with Crippen LogP contribution in [-0.2, 0) is 11.3 Å². The minimum absolute atomic E-state index is 0.0708. The van der Waals surface area contributed by atoms with Crippen molar-refractivity contribution >= 4 is 17.7 Å². The molecule has 0 aromatic heterocycles. The van der Waals surface area contributed by atoms with Gasteiger partial charge in [-0.15, -0.1) is 0 Å². The number of para-hydroxylation sites is 1. The van der Waals surface area contributed by atoms with Crippen molar-refractivity contribution in [3.05, 3.63) is 29.8 Å². The zero-order valence-electron chi connectivity index (χ0n) is 13.1. The van der Waals surface area contributed by atoms with Gasteiger partial charge in [0.15, 0.2) is 0 Å². The number of nitrogens with zero attached hydrogens (tertiary/aromatic N) is 2. The minimum Gasteiger partial charge on any atom is -0.481 e. The maximum Gasteiger partial charge on any atom is 0.318 e. The molecule has 1 atom stereocenters. The summed E-state index contributed by atoms with van der Waals surface area (Å²) in [5.74, 6) is -0.840. The lowest BCUT2D eigenvalue weighted by atomic mass is 10.1. The molecule has 1 aromatic rings. The molecule has 1 aliphatic rings. The van der Waals surface area contributed by atoms with Gasteiger partial charge in [-0.25, -0.2) is 4.79 Å².